The maximum Gasteiger partial charge on any atom is 0.255 e. The highest BCUT2D eigenvalue weighted by Crippen LogP contribution is 2.42. The normalized spacial score (nSPS) is 18.8. The SMILES string of the molecule is CNC(=O)c1c(-c2ccc(F)cc2)oc2cc3c(cc12)[C@H](C)O[C@@H](CCO)CN3S(C)(=O)=O. The quantitative estimate of drug-likeness (QED) is 0.585. The number of halogens is 1. The van der Waals surface area contributed by atoms with Crippen LogP contribution in [0.3, 0.4) is 0 Å². The first kappa shape index (κ1) is 23.2. The lowest BCUT2D eigenvalue weighted by Crippen LogP contribution is -2.37. The third-order valence-corrected chi connectivity index (χ3v) is 6.87. The van der Waals surface area contributed by atoms with E-state index in [0.29, 0.717) is 27.8 Å². The number of carbonyl (C=O) groups excluding carboxylic acids is 1. The Labute approximate surface area is 191 Å². The maximum atomic E-state index is 13.5. The molecule has 2 heterocycles. The Bertz CT molecular complexity index is 1300. The summed E-state index contributed by atoms with van der Waals surface area (Å²) in [5, 5.41) is 12.5. The Morgan fingerprint density at radius 1 is 1.27 bits per heavy atom. The third-order valence-electron chi connectivity index (χ3n) is 5.72. The molecule has 2 aromatic carbocycles. The van der Waals surface area contributed by atoms with Crippen molar-refractivity contribution in [2.75, 3.05) is 30.8 Å². The number of rotatable bonds is 5. The molecular weight excluding hydrogens is 451 g/mol. The van der Waals surface area contributed by atoms with Gasteiger partial charge in [-0.25, -0.2) is 12.8 Å². The molecule has 33 heavy (non-hydrogen) atoms. The summed E-state index contributed by atoms with van der Waals surface area (Å²) < 4.78 is 52.1. The second-order valence-electron chi connectivity index (χ2n) is 8.01. The molecule has 0 aliphatic carbocycles. The molecule has 8 nitrogen and oxygen atoms in total. The van der Waals surface area contributed by atoms with E-state index >= 15 is 0 Å². The van der Waals surface area contributed by atoms with Crippen molar-refractivity contribution in [2.45, 2.75) is 25.6 Å². The van der Waals surface area contributed by atoms with Gasteiger partial charge < -0.3 is 19.6 Å². The third kappa shape index (κ3) is 4.33. The first-order valence-corrected chi connectivity index (χ1v) is 12.3. The average molecular weight is 477 g/mol. The highest BCUT2D eigenvalue weighted by atomic mass is 32.2. The van der Waals surface area contributed by atoms with Gasteiger partial charge in [-0.1, -0.05) is 0 Å². The van der Waals surface area contributed by atoms with Crippen LogP contribution in [0.4, 0.5) is 10.1 Å². The lowest BCUT2D eigenvalue weighted by Gasteiger charge is -2.24. The molecule has 0 saturated heterocycles. The maximum absolute atomic E-state index is 13.5. The minimum atomic E-state index is -3.68. The Morgan fingerprint density at radius 3 is 2.58 bits per heavy atom. The number of furan rings is 1. The molecule has 176 valence electrons. The first-order chi connectivity index (χ1) is 15.6. The molecule has 2 N–H and O–H groups in total. The number of sulfonamides is 1. The molecule has 0 spiro atoms. The van der Waals surface area contributed by atoms with Crippen LogP contribution in [-0.2, 0) is 14.8 Å². The first-order valence-electron chi connectivity index (χ1n) is 10.5. The molecule has 1 aliphatic rings. The molecule has 4 rings (SSSR count). The van der Waals surface area contributed by atoms with Gasteiger partial charge >= 0.3 is 0 Å². The van der Waals surface area contributed by atoms with Crippen molar-refractivity contribution < 1.29 is 31.9 Å². The number of aliphatic hydroxyl groups is 1. The van der Waals surface area contributed by atoms with E-state index in [1.807, 2.05) is 0 Å². The summed E-state index contributed by atoms with van der Waals surface area (Å²) >= 11 is 0. The van der Waals surface area contributed by atoms with Gasteiger partial charge in [-0.05, 0) is 43.7 Å². The van der Waals surface area contributed by atoms with Crippen molar-refractivity contribution >= 4 is 32.6 Å². The molecule has 0 saturated carbocycles. The number of nitrogens with one attached hydrogen (secondary N) is 1. The summed E-state index contributed by atoms with van der Waals surface area (Å²) in [6.07, 6.45) is 0.370. The Hall–Kier alpha value is -2.95. The molecule has 1 amide bonds. The predicted molar refractivity (Wildman–Crippen MR) is 122 cm³/mol. The number of ether oxygens (including phenoxy) is 1. The summed E-state index contributed by atoms with van der Waals surface area (Å²) in [4.78, 5) is 12.8. The van der Waals surface area contributed by atoms with Crippen LogP contribution in [0.5, 0.6) is 0 Å². The van der Waals surface area contributed by atoms with E-state index in [0.717, 1.165) is 6.26 Å². The summed E-state index contributed by atoms with van der Waals surface area (Å²) in [5.74, 6) is -0.564. The number of carbonyl (C=O) groups is 1. The molecular formula is C23H25FN2O6S. The van der Waals surface area contributed by atoms with Gasteiger partial charge in [-0.15, -0.1) is 0 Å². The van der Waals surface area contributed by atoms with Crippen LogP contribution in [0.1, 0.15) is 35.4 Å². The molecule has 1 aliphatic heterocycles. The predicted octanol–water partition coefficient (Wildman–Crippen LogP) is 3.21. The zero-order chi connectivity index (χ0) is 23.9. The molecule has 0 radical (unpaired) electrons. The molecule has 0 bridgehead atoms. The Kier molecular flexibility index (Phi) is 6.17. The van der Waals surface area contributed by atoms with Crippen LogP contribution in [0.15, 0.2) is 40.8 Å². The standard InChI is InChI=1S/C23H25FN2O6S/c1-13-17-10-18-20(11-19(17)26(33(3,29)30)12-16(31-13)8-9-27)32-22(21(18)23(28)25-2)14-4-6-15(24)7-5-14/h4-7,10-11,13,16,27H,8-9,12H2,1-3H3,(H,25,28)/t13-,16-/m0/s1. The Morgan fingerprint density at radius 2 is 1.97 bits per heavy atom. The molecule has 3 aromatic rings. The largest absolute Gasteiger partial charge is 0.455 e. The highest BCUT2D eigenvalue weighted by Gasteiger charge is 2.33. The second-order valence-corrected chi connectivity index (χ2v) is 9.91. The monoisotopic (exact) mass is 476 g/mol. The fraction of sp³-hybridized carbons (Fsp3) is 0.348. The average Bonchev–Trinajstić information content (AvgIpc) is 3.07. The minimum Gasteiger partial charge on any atom is -0.455 e. The van der Waals surface area contributed by atoms with Crippen molar-refractivity contribution in [3.05, 3.63) is 53.3 Å². The number of hydrogen-bond acceptors (Lipinski definition) is 6. The second kappa shape index (κ2) is 8.77. The molecule has 0 fully saturated rings. The van der Waals surface area contributed by atoms with Crippen molar-refractivity contribution in [1.82, 2.24) is 5.32 Å². The van der Waals surface area contributed by atoms with Gasteiger partial charge in [-0.3, -0.25) is 9.10 Å². The van der Waals surface area contributed by atoms with Crippen molar-refractivity contribution in [1.29, 1.82) is 0 Å². The number of nitrogens with zero attached hydrogens (tertiary/aromatic N) is 1. The topological polar surface area (TPSA) is 109 Å². The summed E-state index contributed by atoms with van der Waals surface area (Å²) in [7, 11) is -2.18. The number of amides is 1. The van der Waals surface area contributed by atoms with Crippen molar-refractivity contribution in [2.24, 2.45) is 0 Å². The van der Waals surface area contributed by atoms with Gasteiger partial charge in [0.1, 0.15) is 17.2 Å². The fourth-order valence-electron chi connectivity index (χ4n) is 4.15. The summed E-state index contributed by atoms with van der Waals surface area (Å²) in [6, 6.07) is 8.86. The van der Waals surface area contributed by atoms with Crippen LogP contribution < -0.4 is 9.62 Å². The van der Waals surface area contributed by atoms with Crippen LogP contribution in [0.25, 0.3) is 22.3 Å². The highest BCUT2D eigenvalue weighted by molar-refractivity contribution is 7.92. The zero-order valence-corrected chi connectivity index (χ0v) is 19.3. The zero-order valence-electron chi connectivity index (χ0n) is 18.5. The fourth-order valence-corrected chi connectivity index (χ4v) is 5.10. The van der Waals surface area contributed by atoms with Crippen LogP contribution in [-0.4, -0.2) is 52.0 Å². The van der Waals surface area contributed by atoms with E-state index in [1.165, 1.54) is 35.6 Å². The van der Waals surface area contributed by atoms with Crippen LogP contribution in [0, 0.1) is 5.82 Å². The lowest BCUT2D eigenvalue weighted by molar-refractivity contribution is -0.00546. The van der Waals surface area contributed by atoms with Crippen molar-refractivity contribution in [3.63, 3.8) is 0 Å². The van der Waals surface area contributed by atoms with Crippen LogP contribution >= 0.6 is 0 Å². The van der Waals surface area contributed by atoms with Gasteiger partial charge in [0.15, 0.2) is 0 Å². The van der Waals surface area contributed by atoms with Gasteiger partial charge in [0.05, 0.1) is 36.3 Å². The van der Waals surface area contributed by atoms with Gasteiger partial charge in [-0.2, -0.15) is 0 Å². The number of aliphatic hydroxyl groups excluding tert-OH is 1. The van der Waals surface area contributed by atoms with Gasteiger partial charge in [0.2, 0.25) is 10.0 Å². The van der Waals surface area contributed by atoms with E-state index in [-0.39, 0.29) is 30.9 Å². The van der Waals surface area contributed by atoms with Gasteiger partial charge in [0.25, 0.3) is 5.91 Å². The van der Waals surface area contributed by atoms with E-state index in [2.05, 4.69) is 5.32 Å². The summed E-state index contributed by atoms with van der Waals surface area (Å²) in [6.45, 7) is 1.69. The Balaban J connectivity index is 1.98. The minimum absolute atomic E-state index is 0.0378. The van der Waals surface area contributed by atoms with Gasteiger partial charge in [0, 0.05) is 36.2 Å². The number of benzene rings is 2. The number of anilines is 1. The van der Waals surface area contributed by atoms with Crippen molar-refractivity contribution in [3.8, 4) is 11.3 Å². The molecule has 2 atom stereocenters. The van der Waals surface area contributed by atoms with E-state index in [1.54, 1.807) is 19.1 Å². The van der Waals surface area contributed by atoms with Crippen LogP contribution in [0.2, 0.25) is 0 Å². The molecule has 1 aromatic heterocycles. The number of fused-ring (bicyclic) bond motifs is 2. The van der Waals surface area contributed by atoms with E-state index in [9.17, 15) is 22.7 Å². The summed E-state index contributed by atoms with van der Waals surface area (Å²) in [5.41, 5.74) is 2.05. The molecule has 0 unspecified atom stereocenters. The molecule has 10 heteroatoms. The van der Waals surface area contributed by atoms with E-state index < -0.39 is 34.0 Å². The smallest absolute Gasteiger partial charge is 0.255 e. The van der Waals surface area contributed by atoms with E-state index in [4.69, 9.17) is 9.15 Å². The lowest BCUT2D eigenvalue weighted by atomic mass is 10.0. The number of hydrogen-bond donors (Lipinski definition) is 2.